The third-order valence-electron chi connectivity index (χ3n) is 6.46. The highest BCUT2D eigenvalue weighted by atomic mass is 32.2. The second-order valence-electron chi connectivity index (χ2n) is 9.08. The molecule has 40 heavy (non-hydrogen) atoms. The third-order valence-corrected chi connectivity index (χ3v) is 7.84. The molecule has 0 radical (unpaired) electrons. The standard InChI is InChI=1S/C30H27N5O4S/c1-35(27(36)19-31)23-14-12-21(13-15-23)32-29(20-8-4-2-5-9-20)28-25-18-24(16-17-26(25)33-30(28)37)40(38,39)34-22-10-6-3-7-11-22/h2-18,32,34H,19,31H2,1H3,(H,33,37)/b29-28-. The monoisotopic (exact) mass is 553 g/mol. The van der Waals surface area contributed by atoms with Gasteiger partial charge in [0.1, 0.15) is 0 Å². The van der Waals surface area contributed by atoms with Crippen LogP contribution in [0.4, 0.5) is 22.7 Å². The maximum atomic E-state index is 13.3. The first-order chi connectivity index (χ1) is 19.3. The highest BCUT2D eigenvalue weighted by molar-refractivity contribution is 7.92. The van der Waals surface area contributed by atoms with E-state index >= 15 is 0 Å². The molecule has 4 aromatic carbocycles. The molecule has 202 valence electrons. The molecule has 9 nitrogen and oxygen atoms in total. The molecule has 0 saturated carbocycles. The van der Waals surface area contributed by atoms with E-state index in [1.165, 1.54) is 17.0 Å². The summed E-state index contributed by atoms with van der Waals surface area (Å²) >= 11 is 0. The van der Waals surface area contributed by atoms with E-state index in [0.717, 1.165) is 5.56 Å². The summed E-state index contributed by atoms with van der Waals surface area (Å²) in [7, 11) is -2.27. The Hall–Kier alpha value is -4.93. The summed E-state index contributed by atoms with van der Waals surface area (Å²) in [6, 6.07) is 29.5. The van der Waals surface area contributed by atoms with Crippen LogP contribution in [0.2, 0.25) is 0 Å². The number of amides is 2. The number of nitrogens with two attached hydrogens (primary N) is 1. The molecule has 0 aromatic heterocycles. The number of nitrogens with zero attached hydrogens (tertiary/aromatic N) is 1. The van der Waals surface area contributed by atoms with Gasteiger partial charge in [0.2, 0.25) is 5.91 Å². The summed E-state index contributed by atoms with van der Waals surface area (Å²) in [5.41, 5.74) is 9.74. The number of sulfonamides is 1. The number of fused-ring (bicyclic) bond motifs is 1. The maximum absolute atomic E-state index is 13.3. The van der Waals surface area contributed by atoms with Crippen molar-refractivity contribution in [2.24, 2.45) is 5.73 Å². The number of rotatable bonds is 8. The summed E-state index contributed by atoms with van der Waals surface area (Å²) in [5.74, 6) is -0.587. The Bertz CT molecular complexity index is 1700. The second-order valence-corrected chi connectivity index (χ2v) is 10.8. The van der Waals surface area contributed by atoms with Gasteiger partial charge < -0.3 is 21.3 Å². The quantitative estimate of drug-likeness (QED) is 0.240. The molecule has 0 spiro atoms. The molecule has 0 bridgehead atoms. The Kier molecular flexibility index (Phi) is 7.37. The van der Waals surface area contributed by atoms with Gasteiger partial charge in [-0.25, -0.2) is 8.42 Å². The lowest BCUT2D eigenvalue weighted by Crippen LogP contribution is -2.32. The zero-order chi connectivity index (χ0) is 28.3. The van der Waals surface area contributed by atoms with Gasteiger partial charge in [0, 0.05) is 35.4 Å². The van der Waals surface area contributed by atoms with Crippen LogP contribution in [0.5, 0.6) is 0 Å². The number of carbonyl (C=O) groups excluding carboxylic acids is 2. The van der Waals surface area contributed by atoms with Gasteiger partial charge in [0.25, 0.3) is 15.9 Å². The average Bonchev–Trinajstić information content (AvgIpc) is 3.30. The van der Waals surface area contributed by atoms with E-state index in [-0.39, 0.29) is 23.3 Å². The Balaban J connectivity index is 1.57. The summed E-state index contributed by atoms with van der Waals surface area (Å²) in [6.07, 6.45) is 0. The molecule has 1 aliphatic rings. The zero-order valence-electron chi connectivity index (χ0n) is 21.6. The molecule has 10 heteroatoms. The van der Waals surface area contributed by atoms with Gasteiger partial charge >= 0.3 is 0 Å². The van der Waals surface area contributed by atoms with E-state index in [1.807, 2.05) is 30.3 Å². The van der Waals surface area contributed by atoms with Crippen LogP contribution >= 0.6 is 0 Å². The first-order valence-electron chi connectivity index (χ1n) is 12.4. The number of hydrogen-bond donors (Lipinski definition) is 4. The van der Waals surface area contributed by atoms with Crippen molar-refractivity contribution in [1.82, 2.24) is 0 Å². The maximum Gasteiger partial charge on any atom is 0.261 e. The lowest BCUT2D eigenvalue weighted by Gasteiger charge is -2.18. The van der Waals surface area contributed by atoms with Crippen molar-refractivity contribution in [2.45, 2.75) is 4.90 Å². The highest BCUT2D eigenvalue weighted by Crippen LogP contribution is 2.39. The Morgan fingerprint density at radius 1 is 0.875 bits per heavy atom. The van der Waals surface area contributed by atoms with Gasteiger partial charge in [-0.3, -0.25) is 14.3 Å². The fourth-order valence-corrected chi connectivity index (χ4v) is 5.44. The van der Waals surface area contributed by atoms with Crippen molar-refractivity contribution in [3.63, 3.8) is 0 Å². The molecular formula is C30H27N5O4S. The summed E-state index contributed by atoms with van der Waals surface area (Å²) in [4.78, 5) is 26.8. The predicted molar refractivity (Wildman–Crippen MR) is 158 cm³/mol. The number of likely N-dealkylation sites (N-methyl/N-ethyl adjacent to an activating group) is 1. The van der Waals surface area contributed by atoms with Gasteiger partial charge in [-0.05, 0) is 60.2 Å². The first kappa shape index (κ1) is 26.7. The van der Waals surface area contributed by atoms with E-state index < -0.39 is 10.0 Å². The number of para-hydroxylation sites is 1. The molecule has 2 amide bonds. The summed E-state index contributed by atoms with van der Waals surface area (Å²) in [5, 5.41) is 6.19. The second kappa shape index (κ2) is 11.0. The van der Waals surface area contributed by atoms with Crippen molar-refractivity contribution < 1.29 is 18.0 Å². The molecule has 0 unspecified atom stereocenters. The minimum Gasteiger partial charge on any atom is -0.354 e. The van der Waals surface area contributed by atoms with Crippen molar-refractivity contribution in [2.75, 3.05) is 33.8 Å². The fraction of sp³-hybridized carbons (Fsp3) is 0.0667. The largest absolute Gasteiger partial charge is 0.354 e. The van der Waals surface area contributed by atoms with Gasteiger partial charge in [-0.2, -0.15) is 0 Å². The normalized spacial score (nSPS) is 13.7. The van der Waals surface area contributed by atoms with Crippen molar-refractivity contribution in [1.29, 1.82) is 0 Å². The minimum atomic E-state index is -3.92. The Labute approximate surface area is 232 Å². The topological polar surface area (TPSA) is 134 Å². The van der Waals surface area contributed by atoms with E-state index in [9.17, 15) is 18.0 Å². The van der Waals surface area contributed by atoms with Crippen LogP contribution in [0.1, 0.15) is 11.1 Å². The Morgan fingerprint density at radius 3 is 2.17 bits per heavy atom. The molecule has 4 aromatic rings. The molecule has 0 saturated heterocycles. The number of carbonyl (C=O) groups is 2. The van der Waals surface area contributed by atoms with Gasteiger partial charge in [0.05, 0.1) is 22.7 Å². The van der Waals surface area contributed by atoms with Gasteiger partial charge in [-0.1, -0.05) is 48.5 Å². The van der Waals surface area contributed by atoms with Crippen LogP contribution in [0, 0.1) is 0 Å². The van der Waals surface area contributed by atoms with E-state index in [0.29, 0.717) is 39.6 Å². The smallest absolute Gasteiger partial charge is 0.261 e. The average molecular weight is 554 g/mol. The zero-order valence-corrected chi connectivity index (χ0v) is 22.4. The van der Waals surface area contributed by atoms with Crippen molar-refractivity contribution in [3.8, 4) is 0 Å². The summed E-state index contributed by atoms with van der Waals surface area (Å²) in [6.45, 7) is -0.103. The first-order valence-corrected chi connectivity index (χ1v) is 13.9. The number of nitrogens with one attached hydrogen (secondary N) is 3. The molecule has 1 heterocycles. The molecule has 0 atom stereocenters. The molecule has 5 N–H and O–H groups in total. The van der Waals surface area contributed by atoms with Crippen molar-refractivity contribution >= 4 is 55.9 Å². The lowest BCUT2D eigenvalue weighted by atomic mass is 10.00. The van der Waals surface area contributed by atoms with Crippen LogP contribution in [0.15, 0.2) is 108 Å². The number of hydrogen-bond acceptors (Lipinski definition) is 6. The molecule has 0 fully saturated rings. The van der Waals surface area contributed by atoms with Crippen LogP contribution in [0.25, 0.3) is 11.3 Å². The Morgan fingerprint density at radius 2 is 1.52 bits per heavy atom. The SMILES string of the molecule is CN(C(=O)CN)c1ccc(N/C(=C2\C(=O)Nc3ccc(S(=O)(=O)Nc4ccccc4)cc32)c2ccccc2)cc1. The van der Waals surface area contributed by atoms with E-state index in [2.05, 4.69) is 15.4 Å². The van der Waals surface area contributed by atoms with E-state index in [1.54, 1.807) is 67.7 Å². The molecule has 0 aliphatic carbocycles. The third kappa shape index (κ3) is 5.44. The lowest BCUT2D eigenvalue weighted by molar-refractivity contribution is -0.117. The molecule has 1 aliphatic heterocycles. The van der Waals surface area contributed by atoms with Crippen LogP contribution in [-0.2, 0) is 19.6 Å². The van der Waals surface area contributed by atoms with Gasteiger partial charge in [0.15, 0.2) is 0 Å². The van der Waals surface area contributed by atoms with Crippen molar-refractivity contribution in [3.05, 3.63) is 114 Å². The van der Waals surface area contributed by atoms with E-state index in [4.69, 9.17) is 5.73 Å². The molecule has 5 rings (SSSR count). The fourth-order valence-electron chi connectivity index (χ4n) is 4.36. The van der Waals surface area contributed by atoms with Crippen LogP contribution in [0.3, 0.4) is 0 Å². The minimum absolute atomic E-state index is 0.0217. The van der Waals surface area contributed by atoms with Crippen LogP contribution in [-0.4, -0.2) is 33.8 Å². The number of benzene rings is 4. The number of anilines is 4. The predicted octanol–water partition coefficient (Wildman–Crippen LogP) is 4.34. The van der Waals surface area contributed by atoms with Gasteiger partial charge in [-0.15, -0.1) is 0 Å². The summed E-state index contributed by atoms with van der Waals surface area (Å²) < 4.78 is 29.0. The van der Waals surface area contributed by atoms with Crippen LogP contribution < -0.4 is 26.0 Å². The molecular weight excluding hydrogens is 526 g/mol. The highest BCUT2D eigenvalue weighted by Gasteiger charge is 2.30.